The largest absolute Gasteiger partial charge is 0.455 e. The minimum absolute atomic E-state index is 0.163. The molecule has 1 heterocycles. The fourth-order valence-electron chi connectivity index (χ4n) is 2.25. The normalized spacial score (nSPS) is 21.8. The van der Waals surface area contributed by atoms with Gasteiger partial charge in [0.1, 0.15) is 5.60 Å². The minimum Gasteiger partial charge on any atom is -0.455 e. The first kappa shape index (κ1) is 17.7. The summed E-state index contributed by atoms with van der Waals surface area (Å²) in [4.78, 5) is 24.9. The Hall–Kier alpha value is -1.34. The molecule has 1 saturated heterocycles. The Morgan fingerprint density at radius 1 is 1.19 bits per heavy atom. The van der Waals surface area contributed by atoms with Crippen molar-refractivity contribution in [3.8, 4) is 0 Å². The molecule has 0 radical (unpaired) electrons. The van der Waals surface area contributed by atoms with Crippen molar-refractivity contribution in [1.82, 2.24) is 4.90 Å². The van der Waals surface area contributed by atoms with Crippen LogP contribution in [-0.4, -0.2) is 61.8 Å². The van der Waals surface area contributed by atoms with E-state index in [0.29, 0.717) is 13.0 Å². The molecule has 0 aromatic rings. The van der Waals surface area contributed by atoms with Crippen LogP contribution in [0.4, 0.5) is 4.79 Å². The van der Waals surface area contributed by atoms with Crippen molar-refractivity contribution >= 4 is 12.1 Å². The summed E-state index contributed by atoms with van der Waals surface area (Å²) in [6.45, 7) is 7.26. The molecular formula is C14H25NO6. The molecule has 1 fully saturated rings. The standard InChI is InChI=1S/C14H25NO6/c1-10(16)20-11-9-15(12(17)21-13(2,3)4)8-7-14(11,18-5)19-6/h11H,7-9H2,1-6H3. The Kier molecular flexibility index (Phi) is 5.58. The first-order chi connectivity index (χ1) is 9.63. The van der Waals surface area contributed by atoms with Crippen molar-refractivity contribution < 1.29 is 28.5 Å². The molecule has 1 aliphatic rings. The third kappa shape index (κ3) is 4.57. The van der Waals surface area contributed by atoms with E-state index in [4.69, 9.17) is 18.9 Å². The lowest BCUT2D eigenvalue weighted by Crippen LogP contribution is -2.60. The van der Waals surface area contributed by atoms with Crippen LogP contribution in [0.25, 0.3) is 0 Å². The number of esters is 1. The van der Waals surface area contributed by atoms with Crippen molar-refractivity contribution in [3.05, 3.63) is 0 Å². The van der Waals surface area contributed by atoms with Crippen molar-refractivity contribution in [2.75, 3.05) is 27.3 Å². The van der Waals surface area contributed by atoms with Gasteiger partial charge in [0.25, 0.3) is 0 Å². The van der Waals surface area contributed by atoms with Crippen molar-refractivity contribution in [3.63, 3.8) is 0 Å². The van der Waals surface area contributed by atoms with Crippen molar-refractivity contribution in [1.29, 1.82) is 0 Å². The summed E-state index contributed by atoms with van der Waals surface area (Å²) in [5.41, 5.74) is -0.578. The predicted octanol–water partition coefficient (Wildman–Crippen LogP) is 1.55. The summed E-state index contributed by atoms with van der Waals surface area (Å²) in [5.74, 6) is -1.49. The highest BCUT2D eigenvalue weighted by Gasteiger charge is 2.48. The molecule has 21 heavy (non-hydrogen) atoms. The zero-order valence-electron chi connectivity index (χ0n) is 13.6. The number of likely N-dealkylation sites (tertiary alicyclic amines) is 1. The van der Waals surface area contributed by atoms with E-state index < -0.39 is 29.6 Å². The maximum Gasteiger partial charge on any atom is 0.410 e. The van der Waals surface area contributed by atoms with Crippen LogP contribution in [0.2, 0.25) is 0 Å². The second-order valence-corrected chi connectivity index (χ2v) is 5.99. The van der Waals surface area contributed by atoms with Crippen molar-refractivity contribution in [2.45, 2.75) is 51.6 Å². The fourth-order valence-corrected chi connectivity index (χ4v) is 2.25. The third-order valence-electron chi connectivity index (χ3n) is 3.26. The zero-order chi connectivity index (χ0) is 16.3. The Morgan fingerprint density at radius 2 is 1.76 bits per heavy atom. The second-order valence-electron chi connectivity index (χ2n) is 5.99. The summed E-state index contributed by atoms with van der Waals surface area (Å²) >= 11 is 0. The van der Waals surface area contributed by atoms with Crippen LogP contribution < -0.4 is 0 Å². The molecule has 0 aliphatic carbocycles. The van der Waals surface area contributed by atoms with Crippen LogP contribution in [0.3, 0.4) is 0 Å². The topological polar surface area (TPSA) is 74.3 Å². The molecule has 0 aromatic carbocycles. The Labute approximate surface area is 125 Å². The van der Waals surface area contributed by atoms with E-state index in [1.54, 1.807) is 20.8 Å². The van der Waals surface area contributed by atoms with Crippen LogP contribution in [0.15, 0.2) is 0 Å². The Bertz CT molecular complexity index is 385. The Morgan fingerprint density at radius 3 is 2.19 bits per heavy atom. The van der Waals surface area contributed by atoms with Gasteiger partial charge < -0.3 is 23.8 Å². The van der Waals surface area contributed by atoms with E-state index in [0.717, 1.165) is 0 Å². The third-order valence-corrected chi connectivity index (χ3v) is 3.26. The highest BCUT2D eigenvalue weighted by molar-refractivity contribution is 5.69. The first-order valence-corrected chi connectivity index (χ1v) is 6.89. The number of ether oxygens (including phenoxy) is 4. The minimum atomic E-state index is -1.04. The molecule has 0 bridgehead atoms. The smallest absolute Gasteiger partial charge is 0.410 e. The first-order valence-electron chi connectivity index (χ1n) is 6.89. The van der Waals surface area contributed by atoms with Gasteiger partial charge in [0, 0.05) is 34.1 Å². The molecular weight excluding hydrogens is 278 g/mol. The summed E-state index contributed by atoms with van der Waals surface area (Å²) in [5, 5.41) is 0. The van der Waals surface area contributed by atoms with Crippen LogP contribution in [0, 0.1) is 0 Å². The molecule has 0 aromatic heterocycles. The van der Waals surface area contributed by atoms with E-state index in [1.165, 1.54) is 26.0 Å². The number of amides is 1. The molecule has 1 aliphatic heterocycles. The monoisotopic (exact) mass is 303 g/mol. The quantitative estimate of drug-likeness (QED) is 0.582. The van der Waals surface area contributed by atoms with Gasteiger partial charge in [-0.3, -0.25) is 4.79 Å². The number of methoxy groups -OCH3 is 2. The molecule has 1 rings (SSSR count). The molecule has 1 unspecified atom stereocenters. The maximum atomic E-state index is 12.1. The predicted molar refractivity (Wildman–Crippen MR) is 74.7 cm³/mol. The lowest BCUT2D eigenvalue weighted by molar-refractivity contribution is -0.281. The number of rotatable bonds is 3. The van der Waals surface area contributed by atoms with Gasteiger partial charge in [-0.25, -0.2) is 4.79 Å². The number of carbonyl (C=O) groups excluding carboxylic acids is 2. The summed E-state index contributed by atoms with van der Waals surface area (Å²) in [7, 11) is 2.98. The number of hydrogen-bond donors (Lipinski definition) is 0. The van der Waals surface area contributed by atoms with Crippen LogP contribution in [0.5, 0.6) is 0 Å². The molecule has 1 atom stereocenters. The number of carbonyl (C=O) groups is 2. The van der Waals surface area contributed by atoms with Crippen LogP contribution >= 0.6 is 0 Å². The SMILES string of the molecule is COC1(OC)CCN(C(=O)OC(C)(C)C)CC1OC(C)=O. The molecule has 122 valence electrons. The highest BCUT2D eigenvalue weighted by Crippen LogP contribution is 2.30. The number of piperidine rings is 1. The molecule has 0 saturated carbocycles. The summed E-state index contributed by atoms with van der Waals surface area (Å²) < 4.78 is 21.4. The highest BCUT2D eigenvalue weighted by atomic mass is 16.7. The maximum absolute atomic E-state index is 12.1. The van der Waals surface area contributed by atoms with E-state index in [1.807, 2.05) is 0 Å². The van der Waals surface area contributed by atoms with Crippen molar-refractivity contribution in [2.24, 2.45) is 0 Å². The molecule has 1 amide bonds. The van der Waals surface area contributed by atoms with E-state index in [2.05, 4.69) is 0 Å². The van der Waals surface area contributed by atoms with E-state index in [9.17, 15) is 9.59 Å². The van der Waals surface area contributed by atoms with Gasteiger partial charge >= 0.3 is 12.1 Å². The van der Waals surface area contributed by atoms with Gasteiger partial charge in [-0.05, 0) is 20.8 Å². The van der Waals surface area contributed by atoms with Gasteiger partial charge in [0.2, 0.25) is 5.79 Å². The summed E-state index contributed by atoms with van der Waals surface area (Å²) in [6.07, 6.45) is -0.760. The molecule has 7 heteroatoms. The van der Waals surface area contributed by atoms with Gasteiger partial charge in [0.15, 0.2) is 6.10 Å². The average molecular weight is 303 g/mol. The fraction of sp³-hybridized carbons (Fsp3) is 0.857. The summed E-state index contributed by atoms with van der Waals surface area (Å²) in [6, 6.07) is 0. The number of nitrogens with zero attached hydrogens (tertiary/aromatic N) is 1. The molecule has 0 spiro atoms. The number of hydrogen-bond acceptors (Lipinski definition) is 6. The molecule has 7 nitrogen and oxygen atoms in total. The van der Waals surface area contributed by atoms with E-state index >= 15 is 0 Å². The van der Waals surface area contributed by atoms with Gasteiger partial charge in [0.05, 0.1) is 6.54 Å². The average Bonchev–Trinajstić information content (AvgIpc) is 2.36. The zero-order valence-corrected chi connectivity index (χ0v) is 13.6. The van der Waals surface area contributed by atoms with Gasteiger partial charge in [-0.15, -0.1) is 0 Å². The van der Waals surface area contributed by atoms with Crippen LogP contribution in [-0.2, 0) is 23.7 Å². The van der Waals surface area contributed by atoms with Gasteiger partial charge in [-0.1, -0.05) is 0 Å². The van der Waals surface area contributed by atoms with Crippen LogP contribution in [0.1, 0.15) is 34.1 Å². The van der Waals surface area contributed by atoms with E-state index in [-0.39, 0.29) is 6.54 Å². The van der Waals surface area contributed by atoms with Gasteiger partial charge in [-0.2, -0.15) is 0 Å². The Balaban J connectivity index is 2.83. The molecule has 0 N–H and O–H groups in total. The lowest BCUT2D eigenvalue weighted by atomic mass is 10.00. The second kappa shape index (κ2) is 6.62. The lowest BCUT2D eigenvalue weighted by Gasteiger charge is -2.44.